The predicted molar refractivity (Wildman–Crippen MR) is 297 cm³/mol. The smallest absolute Gasteiger partial charge is 0.481 e. The Morgan fingerprint density at radius 2 is 1.55 bits per heavy atom. The number of aliphatic carboxylic acids is 1. The summed E-state index contributed by atoms with van der Waals surface area (Å²) in [5, 5.41) is 24.1. The van der Waals surface area contributed by atoms with Gasteiger partial charge in [-0.25, -0.2) is 14.6 Å². The van der Waals surface area contributed by atoms with Gasteiger partial charge in [0.25, 0.3) is 17.4 Å². The summed E-state index contributed by atoms with van der Waals surface area (Å²) in [6, 6.07) is 7.58. The standard InChI is InChI=1S/C58H67N9O17/c1-5-58(40-25-44-51-38(28-67(44)55(76)39(40)30-80-56(58)77)37(27-59-16-6-17-65-19-21-79-22-20-65)36-24-45-46(83-31-82-45)26-42(36)63-51)84-57(78)81-29-34-7-9-35(10-8-34)61-53(74)41(11-14-50(71)72)64-52(73)33(4)60-54(75)43(23-32(2)3)62-47(68)15-18-66-48(69)12-13-49(66)70/h7-10,12-13,24-26,32-33,41,43,59H,5-6,11,14-23,27-31H2,1-4H3,(H,60,75)(H,61,74)(H,62,68)(H,64,73)(H,71,72)/t33-,41-,43+,58-/m0/s1. The minimum absolute atomic E-state index is 0.0663. The molecular weight excluding hydrogens is 1090 g/mol. The maximum atomic E-state index is 14.5. The first kappa shape index (κ1) is 59.9. The fraction of sp³-hybridized carbons (Fsp3) is 0.466. The third-order valence-electron chi connectivity index (χ3n) is 15.2. The molecule has 2 aromatic carbocycles. The van der Waals surface area contributed by atoms with Crippen LogP contribution in [0, 0.1) is 5.92 Å². The molecule has 5 aliphatic heterocycles. The maximum Gasteiger partial charge on any atom is 0.510 e. The van der Waals surface area contributed by atoms with Crippen LogP contribution in [0.1, 0.15) is 94.0 Å². The van der Waals surface area contributed by atoms with Gasteiger partial charge < -0.3 is 64.7 Å². The summed E-state index contributed by atoms with van der Waals surface area (Å²) in [6.45, 7) is 11.2. The Kier molecular flexibility index (Phi) is 18.7. The van der Waals surface area contributed by atoms with E-state index in [1.165, 1.54) is 31.2 Å². The van der Waals surface area contributed by atoms with Crippen LogP contribution < -0.4 is 41.6 Å². The first-order valence-corrected chi connectivity index (χ1v) is 27.9. The molecule has 0 unspecified atom stereocenters. The van der Waals surface area contributed by atoms with Gasteiger partial charge in [0.15, 0.2) is 11.5 Å². The number of cyclic esters (lactones) is 1. The minimum Gasteiger partial charge on any atom is -0.481 e. The molecule has 0 bridgehead atoms. The highest BCUT2D eigenvalue weighted by molar-refractivity contribution is 6.13. The van der Waals surface area contributed by atoms with E-state index in [1.54, 1.807) is 23.6 Å². The van der Waals surface area contributed by atoms with E-state index in [9.17, 15) is 53.1 Å². The molecule has 1 fully saturated rings. The van der Waals surface area contributed by atoms with Crippen LogP contribution in [0.25, 0.3) is 22.3 Å². The highest BCUT2D eigenvalue weighted by Gasteiger charge is 2.51. The first-order valence-electron chi connectivity index (χ1n) is 27.9. The topological polar surface area (TPSA) is 331 Å². The van der Waals surface area contributed by atoms with E-state index >= 15 is 0 Å². The van der Waals surface area contributed by atoms with Crippen LogP contribution in [-0.2, 0) is 89.2 Å². The molecule has 6 N–H and O–H groups in total. The highest BCUT2D eigenvalue weighted by Crippen LogP contribution is 2.44. The van der Waals surface area contributed by atoms with Crippen LogP contribution in [0.5, 0.6) is 11.5 Å². The number of hydrogen-bond acceptors (Lipinski definition) is 19. The predicted octanol–water partition coefficient (Wildman–Crippen LogP) is 2.62. The number of aromatic nitrogens is 2. The number of nitrogens with zero attached hydrogens (tertiary/aromatic N) is 4. The average Bonchev–Trinajstić information content (AvgIpc) is 1.50. The zero-order valence-electron chi connectivity index (χ0n) is 47.0. The number of hydrogen-bond donors (Lipinski definition) is 6. The lowest BCUT2D eigenvalue weighted by Crippen LogP contribution is -2.55. The summed E-state index contributed by atoms with van der Waals surface area (Å²) in [7, 11) is 0. The van der Waals surface area contributed by atoms with Crippen molar-refractivity contribution in [2.75, 3.05) is 58.0 Å². The number of amides is 6. The second-order valence-corrected chi connectivity index (χ2v) is 21.4. The molecule has 1 saturated heterocycles. The van der Waals surface area contributed by atoms with Gasteiger partial charge in [0, 0.05) is 79.4 Å². The van der Waals surface area contributed by atoms with Gasteiger partial charge >= 0.3 is 18.1 Å². The monoisotopic (exact) mass is 1160 g/mol. The number of anilines is 1. The molecule has 5 aliphatic rings. The Morgan fingerprint density at radius 1 is 0.821 bits per heavy atom. The molecule has 4 atom stereocenters. The zero-order chi connectivity index (χ0) is 59.8. The van der Waals surface area contributed by atoms with E-state index in [0.29, 0.717) is 40.5 Å². The van der Waals surface area contributed by atoms with Crippen LogP contribution in [0.15, 0.2) is 59.4 Å². The quantitative estimate of drug-likeness (QED) is 0.0278. The molecule has 26 nitrogen and oxygen atoms in total. The fourth-order valence-corrected chi connectivity index (χ4v) is 10.7. The Bertz CT molecular complexity index is 3340. The largest absolute Gasteiger partial charge is 0.510 e. The normalized spacial score (nSPS) is 17.9. The van der Waals surface area contributed by atoms with Gasteiger partial charge in [-0.2, -0.15) is 0 Å². The molecule has 7 heterocycles. The van der Waals surface area contributed by atoms with Crippen molar-refractivity contribution < 1.29 is 76.7 Å². The second-order valence-electron chi connectivity index (χ2n) is 21.4. The molecule has 26 heteroatoms. The van der Waals surface area contributed by atoms with Gasteiger partial charge in [0.05, 0.1) is 42.2 Å². The molecule has 2 aromatic heterocycles. The van der Waals surface area contributed by atoms with Crippen LogP contribution in [0.2, 0.25) is 0 Å². The molecule has 84 heavy (non-hydrogen) atoms. The maximum absolute atomic E-state index is 14.5. The number of pyridine rings is 2. The summed E-state index contributed by atoms with van der Waals surface area (Å²) in [6.07, 6.45) is 0.784. The molecule has 6 amide bonds. The van der Waals surface area contributed by atoms with Gasteiger partial charge in [0.2, 0.25) is 36.0 Å². The highest BCUT2D eigenvalue weighted by atomic mass is 16.7. The van der Waals surface area contributed by atoms with Crippen LogP contribution in [0.4, 0.5) is 10.5 Å². The van der Waals surface area contributed by atoms with Crippen LogP contribution in [0.3, 0.4) is 0 Å². The summed E-state index contributed by atoms with van der Waals surface area (Å²) in [5.74, 6) is -5.18. The number of carbonyl (C=O) groups excluding carboxylic acids is 8. The molecule has 4 aromatic rings. The van der Waals surface area contributed by atoms with Gasteiger partial charge in [-0.05, 0) is 87.0 Å². The third-order valence-corrected chi connectivity index (χ3v) is 15.2. The lowest BCUT2D eigenvalue weighted by molar-refractivity contribution is -0.175. The number of benzene rings is 2. The van der Waals surface area contributed by atoms with Crippen molar-refractivity contribution in [3.8, 4) is 22.9 Å². The molecule has 0 aliphatic carbocycles. The molecule has 446 valence electrons. The van der Waals surface area contributed by atoms with Gasteiger partial charge in [-0.15, -0.1) is 0 Å². The summed E-state index contributed by atoms with van der Waals surface area (Å²) in [4.78, 5) is 139. The van der Waals surface area contributed by atoms with E-state index in [2.05, 4.69) is 31.5 Å². The van der Waals surface area contributed by atoms with Crippen molar-refractivity contribution in [1.29, 1.82) is 0 Å². The van der Waals surface area contributed by atoms with Gasteiger partial charge in [-0.3, -0.25) is 48.2 Å². The van der Waals surface area contributed by atoms with Crippen molar-refractivity contribution in [2.45, 2.75) is 116 Å². The number of nitrogens with one attached hydrogen (secondary N) is 5. The lowest BCUT2D eigenvalue weighted by atomic mass is 9.85. The van der Waals surface area contributed by atoms with Crippen LogP contribution in [-0.4, -0.2) is 149 Å². The Labute approximate surface area is 481 Å². The SMILES string of the molecule is CC[C@@]1(OC(=O)OCc2ccc(NC(=O)[C@H](CCC(=O)O)NC(=O)[C@H](C)NC(=O)[C@@H](CC(C)C)NC(=O)CCN3C(=O)C=CC3=O)cc2)C(=O)OCc2c1cc1n(c2=O)Cc2c-1nc1cc3c(cc1c2CNCCCN1CCOCC1)OCO3. The van der Waals surface area contributed by atoms with E-state index in [4.69, 9.17) is 33.4 Å². The molecular formula is C58H67N9O17. The lowest BCUT2D eigenvalue weighted by Gasteiger charge is -2.35. The number of carbonyl (C=O) groups is 9. The fourth-order valence-electron chi connectivity index (χ4n) is 10.7. The van der Waals surface area contributed by atoms with E-state index in [-0.39, 0.29) is 81.5 Å². The molecule has 0 saturated carbocycles. The number of morpholine rings is 1. The average molecular weight is 1160 g/mol. The molecule has 0 radical (unpaired) electrons. The van der Waals surface area contributed by atoms with Crippen molar-refractivity contribution in [2.24, 2.45) is 5.92 Å². The van der Waals surface area contributed by atoms with E-state index in [0.717, 1.165) is 79.4 Å². The van der Waals surface area contributed by atoms with E-state index < -0.39 is 89.2 Å². The summed E-state index contributed by atoms with van der Waals surface area (Å²) in [5.41, 5.74) is 1.69. The summed E-state index contributed by atoms with van der Waals surface area (Å²) >= 11 is 0. The number of esters is 1. The number of rotatable bonds is 25. The van der Waals surface area contributed by atoms with Gasteiger partial charge in [-0.1, -0.05) is 32.9 Å². The zero-order valence-corrected chi connectivity index (χ0v) is 47.0. The first-order chi connectivity index (χ1) is 40.3. The number of imide groups is 1. The second kappa shape index (κ2) is 26.2. The molecule has 0 spiro atoms. The van der Waals surface area contributed by atoms with E-state index in [1.807, 2.05) is 19.9 Å². The third kappa shape index (κ3) is 13.5. The number of ether oxygens (including phenoxy) is 6. The van der Waals surface area contributed by atoms with Crippen molar-refractivity contribution >= 4 is 70.1 Å². The number of fused-ring (bicyclic) bond motifs is 6. The summed E-state index contributed by atoms with van der Waals surface area (Å²) < 4.78 is 35.5. The number of carboxylic acid groups (broad SMARTS) is 1. The number of carboxylic acids is 1. The van der Waals surface area contributed by atoms with Crippen molar-refractivity contribution in [3.63, 3.8) is 0 Å². The Balaban J connectivity index is 0.830. The molecule has 9 rings (SSSR count). The Morgan fingerprint density at radius 3 is 2.25 bits per heavy atom. The van der Waals surface area contributed by atoms with Crippen molar-refractivity contribution in [3.05, 3.63) is 92.8 Å². The van der Waals surface area contributed by atoms with Crippen LogP contribution >= 0.6 is 0 Å². The minimum atomic E-state index is -2.08. The van der Waals surface area contributed by atoms with Crippen molar-refractivity contribution in [1.82, 2.24) is 40.6 Å². The van der Waals surface area contributed by atoms with Gasteiger partial charge in [0.1, 0.15) is 31.3 Å². The Hall–Kier alpha value is -8.75.